The molecule has 2 aromatic rings. The van der Waals surface area contributed by atoms with Gasteiger partial charge in [-0.15, -0.1) is 0 Å². The summed E-state index contributed by atoms with van der Waals surface area (Å²) < 4.78 is 16.2. The first-order valence-corrected chi connectivity index (χ1v) is 10.2. The highest BCUT2D eigenvalue weighted by atomic mass is 16.7. The number of nitrogens with zero attached hydrogens (tertiary/aromatic N) is 1. The quantitative estimate of drug-likeness (QED) is 0.807. The van der Waals surface area contributed by atoms with Crippen LogP contribution in [0.3, 0.4) is 0 Å². The Morgan fingerprint density at radius 3 is 2.72 bits per heavy atom. The Bertz CT molecular complexity index is 862. The van der Waals surface area contributed by atoms with Gasteiger partial charge in [-0.1, -0.05) is 18.2 Å². The molecule has 2 aliphatic rings. The fourth-order valence-electron chi connectivity index (χ4n) is 4.11. The molecular formula is C23H28N2O4. The summed E-state index contributed by atoms with van der Waals surface area (Å²) in [5.41, 5.74) is 2.00. The van der Waals surface area contributed by atoms with Crippen molar-refractivity contribution in [1.82, 2.24) is 4.90 Å². The molecule has 0 aromatic heterocycles. The van der Waals surface area contributed by atoms with E-state index in [0.717, 1.165) is 43.8 Å². The van der Waals surface area contributed by atoms with Crippen molar-refractivity contribution >= 4 is 11.6 Å². The average Bonchev–Trinajstić information content (AvgIpc) is 3.22. The molecule has 1 atom stereocenters. The summed E-state index contributed by atoms with van der Waals surface area (Å²) >= 11 is 0. The number of nitrogens with one attached hydrogen (secondary N) is 1. The molecule has 0 radical (unpaired) electrons. The van der Waals surface area contributed by atoms with Gasteiger partial charge in [-0.3, -0.25) is 9.69 Å². The molecule has 1 fully saturated rings. The van der Waals surface area contributed by atoms with Crippen LogP contribution in [0.1, 0.15) is 25.3 Å². The maximum absolute atomic E-state index is 12.7. The number of carbonyl (C=O) groups excluding carboxylic acids is 1. The van der Waals surface area contributed by atoms with Crippen LogP contribution < -0.4 is 19.5 Å². The number of anilines is 1. The third kappa shape index (κ3) is 4.48. The highest BCUT2D eigenvalue weighted by Gasteiger charge is 2.27. The zero-order valence-electron chi connectivity index (χ0n) is 17.0. The zero-order valence-corrected chi connectivity index (χ0v) is 17.0. The molecule has 6 heteroatoms. The molecule has 0 spiro atoms. The molecule has 1 saturated heterocycles. The monoisotopic (exact) mass is 396 g/mol. The van der Waals surface area contributed by atoms with Gasteiger partial charge in [0.2, 0.25) is 12.7 Å². The second-order valence-electron chi connectivity index (χ2n) is 7.73. The van der Waals surface area contributed by atoms with Crippen LogP contribution in [0, 0.1) is 5.92 Å². The molecule has 154 valence electrons. The van der Waals surface area contributed by atoms with Crippen LogP contribution in [0.25, 0.3) is 0 Å². The molecular weight excluding hydrogens is 368 g/mol. The number of para-hydroxylation sites is 1. The van der Waals surface area contributed by atoms with Crippen molar-refractivity contribution in [2.75, 3.05) is 32.3 Å². The number of rotatable bonds is 6. The largest absolute Gasteiger partial charge is 0.496 e. The van der Waals surface area contributed by atoms with Crippen LogP contribution >= 0.6 is 0 Å². The van der Waals surface area contributed by atoms with Gasteiger partial charge in [0.15, 0.2) is 11.5 Å². The van der Waals surface area contributed by atoms with Crippen molar-refractivity contribution in [3.05, 3.63) is 48.0 Å². The lowest BCUT2D eigenvalue weighted by molar-refractivity contribution is -0.121. The fourth-order valence-corrected chi connectivity index (χ4v) is 4.11. The lowest BCUT2D eigenvalue weighted by atomic mass is 9.89. The number of fused-ring (bicyclic) bond motifs is 1. The number of hydrogen-bond acceptors (Lipinski definition) is 5. The van der Waals surface area contributed by atoms with E-state index in [1.165, 1.54) is 5.56 Å². The van der Waals surface area contributed by atoms with Crippen LogP contribution in [0.4, 0.5) is 5.69 Å². The van der Waals surface area contributed by atoms with Crippen molar-refractivity contribution in [2.24, 2.45) is 5.92 Å². The van der Waals surface area contributed by atoms with E-state index >= 15 is 0 Å². The standard InChI is InChI=1S/C23H28N2O4/c1-16(23(26)24-19-7-8-21-22(14-19)29-15-28-21)25-11-9-17(10-12-25)13-18-5-3-4-6-20(18)27-2/h3-8,14,16-17H,9-13,15H2,1-2H3,(H,24,26). The minimum Gasteiger partial charge on any atom is -0.496 e. The second kappa shape index (κ2) is 8.74. The summed E-state index contributed by atoms with van der Waals surface area (Å²) in [7, 11) is 1.72. The van der Waals surface area contributed by atoms with E-state index in [1.54, 1.807) is 7.11 Å². The number of carbonyl (C=O) groups is 1. The number of likely N-dealkylation sites (tertiary alicyclic amines) is 1. The van der Waals surface area contributed by atoms with Crippen LogP contribution in [-0.4, -0.2) is 43.8 Å². The fraction of sp³-hybridized carbons (Fsp3) is 0.435. The van der Waals surface area contributed by atoms with Gasteiger partial charge in [-0.2, -0.15) is 0 Å². The molecule has 6 nitrogen and oxygen atoms in total. The SMILES string of the molecule is COc1ccccc1CC1CCN(C(C)C(=O)Nc2ccc3c(c2)OCO3)CC1. The topological polar surface area (TPSA) is 60.0 Å². The predicted octanol–water partition coefficient (Wildman–Crippen LogP) is 3.71. The third-order valence-electron chi connectivity index (χ3n) is 5.92. The lowest BCUT2D eigenvalue weighted by Crippen LogP contribution is -2.46. The number of benzene rings is 2. The van der Waals surface area contributed by atoms with Crippen molar-refractivity contribution in [3.8, 4) is 17.2 Å². The molecule has 1 amide bonds. The lowest BCUT2D eigenvalue weighted by Gasteiger charge is -2.35. The van der Waals surface area contributed by atoms with Crippen molar-refractivity contribution in [1.29, 1.82) is 0 Å². The molecule has 4 rings (SSSR count). The summed E-state index contributed by atoms with van der Waals surface area (Å²) in [5, 5.41) is 3.00. The van der Waals surface area contributed by atoms with Crippen LogP contribution in [0.2, 0.25) is 0 Å². The highest BCUT2D eigenvalue weighted by molar-refractivity contribution is 5.94. The Hall–Kier alpha value is -2.73. The Balaban J connectivity index is 1.29. The first-order valence-electron chi connectivity index (χ1n) is 10.2. The third-order valence-corrected chi connectivity index (χ3v) is 5.92. The van der Waals surface area contributed by atoms with E-state index in [9.17, 15) is 4.79 Å². The van der Waals surface area contributed by atoms with E-state index in [-0.39, 0.29) is 18.7 Å². The Kier molecular flexibility index (Phi) is 5.90. The van der Waals surface area contributed by atoms with Gasteiger partial charge < -0.3 is 19.5 Å². The summed E-state index contributed by atoms with van der Waals surface area (Å²) in [6.45, 7) is 4.06. The summed E-state index contributed by atoms with van der Waals surface area (Å²) in [6, 6.07) is 13.5. The Morgan fingerprint density at radius 2 is 1.93 bits per heavy atom. The molecule has 0 aliphatic carbocycles. The minimum absolute atomic E-state index is 0.00652. The van der Waals surface area contributed by atoms with E-state index < -0.39 is 0 Å². The maximum Gasteiger partial charge on any atom is 0.241 e. The Morgan fingerprint density at radius 1 is 1.17 bits per heavy atom. The van der Waals surface area contributed by atoms with Crippen molar-refractivity contribution < 1.29 is 19.0 Å². The van der Waals surface area contributed by atoms with Crippen LogP contribution in [0.15, 0.2) is 42.5 Å². The van der Waals surface area contributed by atoms with E-state index in [2.05, 4.69) is 22.3 Å². The predicted molar refractivity (Wildman–Crippen MR) is 112 cm³/mol. The first kappa shape index (κ1) is 19.6. The van der Waals surface area contributed by atoms with E-state index in [0.29, 0.717) is 17.4 Å². The van der Waals surface area contributed by atoms with E-state index in [4.69, 9.17) is 14.2 Å². The molecule has 2 aliphatic heterocycles. The minimum atomic E-state index is -0.173. The molecule has 1 unspecified atom stereocenters. The normalized spacial score (nSPS) is 17.7. The molecule has 1 N–H and O–H groups in total. The molecule has 0 bridgehead atoms. The Labute approximate surface area is 171 Å². The van der Waals surface area contributed by atoms with Gasteiger partial charge in [0.05, 0.1) is 13.2 Å². The first-order chi connectivity index (χ1) is 14.1. The van der Waals surface area contributed by atoms with Crippen molar-refractivity contribution in [3.63, 3.8) is 0 Å². The van der Waals surface area contributed by atoms with Gasteiger partial charge in [0.1, 0.15) is 5.75 Å². The van der Waals surface area contributed by atoms with Crippen LogP contribution in [-0.2, 0) is 11.2 Å². The van der Waals surface area contributed by atoms with Gasteiger partial charge in [-0.25, -0.2) is 0 Å². The van der Waals surface area contributed by atoms with Gasteiger partial charge in [-0.05, 0) is 69.0 Å². The van der Waals surface area contributed by atoms with Crippen LogP contribution in [0.5, 0.6) is 17.2 Å². The number of piperidine rings is 1. The molecule has 29 heavy (non-hydrogen) atoms. The number of hydrogen-bond donors (Lipinski definition) is 1. The average molecular weight is 396 g/mol. The molecule has 2 aromatic carbocycles. The van der Waals surface area contributed by atoms with Gasteiger partial charge in [0.25, 0.3) is 0 Å². The van der Waals surface area contributed by atoms with Gasteiger partial charge in [0, 0.05) is 11.8 Å². The smallest absolute Gasteiger partial charge is 0.241 e. The number of amides is 1. The van der Waals surface area contributed by atoms with Crippen molar-refractivity contribution in [2.45, 2.75) is 32.2 Å². The molecule has 0 saturated carbocycles. The summed E-state index contributed by atoms with van der Waals surface area (Å²) in [6.07, 6.45) is 3.19. The summed E-state index contributed by atoms with van der Waals surface area (Å²) in [4.78, 5) is 15.0. The number of ether oxygens (including phenoxy) is 3. The second-order valence-corrected chi connectivity index (χ2v) is 7.73. The summed E-state index contributed by atoms with van der Waals surface area (Å²) in [5.74, 6) is 2.98. The zero-order chi connectivity index (χ0) is 20.2. The van der Waals surface area contributed by atoms with E-state index in [1.807, 2.05) is 37.3 Å². The highest BCUT2D eigenvalue weighted by Crippen LogP contribution is 2.34. The maximum atomic E-state index is 12.7. The number of methoxy groups -OCH3 is 1. The molecule has 2 heterocycles. The van der Waals surface area contributed by atoms with Gasteiger partial charge >= 0.3 is 0 Å².